The monoisotopic (exact) mass is 310 g/mol. The maximum absolute atomic E-state index is 12.3. The fourth-order valence-corrected chi connectivity index (χ4v) is 2.31. The van der Waals surface area contributed by atoms with E-state index in [0.29, 0.717) is 16.7 Å². The molecule has 1 aromatic heterocycles. The Balaban J connectivity index is 2.23. The number of benzene rings is 2. The molecule has 0 bridgehead atoms. The lowest BCUT2D eigenvalue weighted by atomic mass is 10.1. The zero-order valence-corrected chi connectivity index (χ0v) is 12.4. The molecule has 2 aromatic carbocycles. The molecule has 0 fully saturated rings. The summed E-state index contributed by atoms with van der Waals surface area (Å²) in [4.78, 5) is 24.4. The minimum atomic E-state index is -0.538. The quantitative estimate of drug-likeness (QED) is 0.751. The number of rotatable bonds is 3. The summed E-state index contributed by atoms with van der Waals surface area (Å²) in [6, 6.07) is 12.4. The number of hydrogen-bond acceptors (Lipinski definition) is 5. The van der Waals surface area contributed by atoms with Crippen LogP contribution in [0.4, 0.5) is 0 Å². The fourth-order valence-electron chi connectivity index (χ4n) is 2.31. The average Bonchev–Trinajstić information content (AvgIpc) is 2.55. The third-order valence-corrected chi connectivity index (χ3v) is 3.40. The number of ether oxygens (including phenoxy) is 1. The number of aromatic hydroxyl groups is 1. The summed E-state index contributed by atoms with van der Waals surface area (Å²) in [7, 11) is 0. The molecule has 0 aliphatic heterocycles. The highest BCUT2D eigenvalue weighted by molar-refractivity contribution is 6.02. The second-order valence-electron chi connectivity index (χ2n) is 4.92. The second kappa shape index (κ2) is 5.96. The van der Waals surface area contributed by atoms with Crippen LogP contribution in [-0.4, -0.2) is 17.7 Å². The molecule has 1 N–H and O–H groups in total. The summed E-state index contributed by atoms with van der Waals surface area (Å²) in [6.45, 7) is 1.94. The van der Waals surface area contributed by atoms with E-state index in [1.54, 1.807) is 37.3 Å². The number of hydrogen-bond donors (Lipinski definition) is 1. The highest BCUT2D eigenvalue weighted by atomic mass is 16.5. The van der Waals surface area contributed by atoms with E-state index in [2.05, 4.69) is 0 Å². The maximum atomic E-state index is 12.3. The lowest BCUT2D eigenvalue weighted by molar-refractivity contribution is 0.0527. The van der Waals surface area contributed by atoms with E-state index < -0.39 is 5.97 Å². The van der Waals surface area contributed by atoms with E-state index in [9.17, 15) is 14.7 Å². The Labute approximate surface area is 131 Å². The molecule has 0 spiro atoms. The van der Waals surface area contributed by atoms with Crippen LogP contribution in [0, 0.1) is 0 Å². The van der Waals surface area contributed by atoms with Crippen molar-refractivity contribution in [1.82, 2.24) is 0 Å². The molecule has 0 amide bonds. The first-order valence-corrected chi connectivity index (χ1v) is 7.13. The van der Waals surface area contributed by atoms with Crippen molar-refractivity contribution in [2.75, 3.05) is 6.61 Å². The lowest BCUT2D eigenvalue weighted by Gasteiger charge is -2.07. The predicted molar refractivity (Wildman–Crippen MR) is 85.5 cm³/mol. The summed E-state index contributed by atoms with van der Waals surface area (Å²) in [5, 5.41) is 9.67. The number of phenols is 1. The van der Waals surface area contributed by atoms with Crippen LogP contribution in [0.15, 0.2) is 57.7 Å². The van der Waals surface area contributed by atoms with Gasteiger partial charge in [-0.3, -0.25) is 4.79 Å². The van der Waals surface area contributed by atoms with Gasteiger partial charge in [0.05, 0.1) is 12.0 Å². The molecule has 5 heteroatoms. The van der Waals surface area contributed by atoms with Crippen molar-refractivity contribution in [3.05, 3.63) is 64.3 Å². The van der Waals surface area contributed by atoms with E-state index in [1.165, 1.54) is 18.2 Å². The Bertz CT molecular complexity index is 922. The summed E-state index contributed by atoms with van der Waals surface area (Å²) in [6.07, 6.45) is 0. The van der Waals surface area contributed by atoms with E-state index in [4.69, 9.17) is 9.15 Å². The summed E-state index contributed by atoms with van der Waals surface area (Å²) < 4.78 is 10.8. The molecule has 0 aliphatic carbocycles. The molecule has 0 saturated heterocycles. The first-order valence-electron chi connectivity index (χ1n) is 7.13. The Morgan fingerprint density at radius 1 is 1.17 bits per heavy atom. The van der Waals surface area contributed by atoms with E-state index >= 15 is 0 Å². The van der Waals surface area contributed by atoms with Crippen molar-refractivity contribution < 1.29 is 19.1 Å². The standard InChI is InChI=1S/C18H14O5/c1-2-22-18(21)14-5-3-4-13-15(20)10-16(23-17(13)14)11-6-8-12(19)9-7-11/h3-10,19H,2H2,1H3. The molecule has 0 unspecified atom stereocenters. The molecule has 1 heterocycles. The van der Waals surface area contributed by atoms with Crippen LogP contribution in [0.1, 0.15) is 17.3 Å². The van der Waals surface area contributed by atoms with Crippen LogP contribution in [0.3, 0.4) is 0 Å². The van der Waals surface area contributed by atoms with E-state index in [-0.39, 0.29) is 28.9 Å². The molecule has 3 aromatic rings. The Hall–Kier alpha value is -3.08. The van der Waals surface area contributed by atoms with Gasteiger partial charge in [-0.25, -0.2) is 4.79 Å². The van der Waals surface area contributed by atoms with Gasteiger partial charge in [0.25, 0.3) is 0 Å². The second-order valence-corrected chi connectivity index (χ2v) is 4.92. The van der Waals surface area contributed by atoms with Crippen molar-refractivity contribution in [3.8, 4) is 17.1 Å². The molecule has 0 radical (unpaired) electrons. The van der Waals surface area contributed by atoms with Crippen molar-refractivity contribution in [2.45, 2.75) is 6.92 Å². The van der Waals surface area contributed by atoms with Gasteiger partial charge in [-0.2, -0.15) is 0 Å². The normalized spacial score (nSPS) is 10.7. The van der Waals surface area contributed by atoms with Gasteiger partial charge in [-0.05, 0) is 43.3 Å². The van der Waals surface area contributed by atoms with Gasteiger partial charge in [0.15, 0.2) is 11.0 Å². The third kappa shape index (κ3) is 2.81. The SMILES string of the molecule is CCOC(=O)c1cccc2c(=O)cc(-c3ccc(O)cc3)oc12. The van der Waals surface area contributed by atoms with Gasteiger partial charge in [-0.1, -0.05) is 6.07 Å². The molecule has 5 nitrogen and oxygen atoms in total. The first-order chi connectivity index (χ1) is 11.1. The Morgan fingerprint density at radius 3 is 2.61 bits per heavy atom. The zero-order valence-electron chi connectivity index (χ0n) is 12.4. The predicted octanol–water partition coefficient (Wildman–Crippen LogP) is 3.34. The molecular formula is C18H14O5. The number of carbonyl (C=O) groups is 1. The molecule has 3 rings (SSSR count). The highest BCUT2D eigenvalue weighted by Crippen LogP contribution is 2.26. The largest absolute Gasteiger partial charge is 0.508 e. The third-order valence-electron chi connectivity index (χ3n) is 3.40. The van der Waals surface area contributed by atoms with Crippen LogP contribution in [0.5, 0.6) is 5.75 Å². The van der Waals surface area contributed by atoms with E-state index in [0.717, 1.165) is 0 Å². The van der Waals surface area contributed by atoms with Crippen molar-refractivity contribution in [1.29, 1.82) is 0 Å². The molecule has 0 aliphatic rings. The number of fused-ring (bicyclic) bond motifs is 1. The van der Waals surface area contributed by atoms with Crippen molar-refractivity contribution in [2.24, 2.45) is 0 Å². The molecule has 116 valence electrons. The van der Waals surface area contributed by atoms with Gasteiger partial charge in [0.2, 0.25) is 0 Å². The number of carbonyl (C=O) groups excluding carboxylic acids is 1. The van der Waals surface area contributed by atoms with Gasteiger partial charge < -0.3 is 14.3 Å². The van der Waals surface area contributed by atoms with Crippen LogP contribution in [-0.2, 0) is 4.74 Å². The minimum absolute atomic E-state index is 0.115. The lowest BCUT2D eigenvalue weighted by Crippen LogP contribution is -2.08. The summed E-state index contributed by atoms with van der Waals surface area (Å²) in [5.74, 6) is -0.104. The zero-order chi connectivity index (χ0) is 16.4. The highest BCUT2D eigenvalue weighted by Gasteiger charge is 2.16. The fraction of sp³-hybridized carbons (Fsp3) is 0.111. The molecule has 23 heavy (non-hydrogen) atoms. The van der Waals surface area contributed by atoms with Crippen molar-refractivity contribution >= 4 is 16.9 Å². The molecule has 0 saturated carbocycles. The average molecular weight is 310 g/mol. The van der Waals surface area contributed by atoms with E-state index in [1.807, 2.05) is 0 Å². The Kier molecular flexibility index (Phi) is 3.85. The molecule has 0 atom stereocenters. The summed E-state index contributed by atoms with van der Waals surface area (Å²) in [5.41, 5.74) is 0.782. The first kappa shape index (κ1) is 14.8. The van der Waals surface area contributed by atoms with Gasteiger partial charge in [-0.15, -0.1) is 0 Å². The van der Waals surface area contributed by atoms with Crippen LogP contribution < -0.4 is 5.43 Å². The van der Waals surface area contributed by atoms with Gasteiger partial charge in [0.1, 0.15) is 17.1 Å². The topological polar surface area (TPSA) is 76.7 Å². The maximum Gasteiger partial charge on any atom is 0.341 e. The number of esters is 1. The van der Waals surface area contributed by atoms with Crippen LogP contribution in [0.2, 0.25) is 0 Å². The number of para-hydroxylation sites is 1. The summed E-state index contributed by atoms with van der Waals surface area (Å²) >= 11 is 0. The van der Waals surface area contributed by atoms with Crippen molar-refractivity contribution in [3.63, 3.8) is 0 Å². The minimum Gasteiger partial charge on any atom is -0.508 e. The Morgan fingerprint density at radius 2 is 1.91 bits per heavy atom. The molecular weight excluding hydrogens is 296 g/mol. The van der Waals surface area contributed by atoms with Crippen LogP contribution in [0.25, 0.3) is 22.3 Å². The van der Waals surface area contributed by atoms with Gasteiger partial charge >= 0.3 is 5.97 Å². The van der Waals surface area contributed by atoms with Crippen LogP contribution >= 0.6 is 0 Å². The number of phenolic OH excluding ortho intramolecular Hbond substituents is 1. The van der Waals surface area contributed by atoms with Gasteiger partial charge in [0, 0.05) is 11.6 Å². The smallest absolute Gasteiger partial charge is 0.341 e.